The van der Waals surface area contributed by atoms with Crippen molar-refractivity contribution in [2.45, 2.75) is 87.6 Å². The van der Waals surface area contributed by atoms with Crippen LogP contribution in [0.4, 0.5) is 26.3 Å². The molecule has 2 aromatic rings. The van der Waals surface area contributed by atoms with Gasteiger partial charge < -0.3 is 14.5 Å². The van der Waals surface area contributed by atoms with Crippen LogP contribution in [0, 0.1) is 5.41 Å². The highest BCUT2D eigenvalue weighted by atomic mass is 19.4. The summed E-state index contributed by atoms with van der Waals surface area (Å²) < 4.78 is 87.6. The van der Waals surface area contributed by atoms with E-state index < -0.39 is 34.9 Å². The van der Waals surface area contributed by atoms with Gasteiger partial charge in [-0.2, -0.15) is 26.3 Å². The molecule has 1 aliphatic carbocycles. The third-order valence-electron chi connectivity index (χ3n) is 10.6. The fourth-order valence-corrected chi connectivity index (χ4v) is 8.11. The number of nitrogens with zero attached hydrogens (tertiary/aromatic N) is 2. The quantitative estimate of drug-likeness (QED) is 0.333. The van der Waals surface area contributed by atoms with Crippen LogP contribution in [0.5, 0.6) is 0 Å². The highest BCUT2D eigenvalue weighted by Crippen LogP contribution is 2.49. The van der Waals surface area contributed by atoms with Crippen LogP contribution in [0.25, 0.3) is 0 Å². The highest BCUT2D eigenvalue weighted by molar-refractivity contribution is 5.85. The van der Waals surface area contributed by atoms with Gasteiger partial charge in [0, 0.05) is 19.2 Å². The van der Waals surface area contributed by atoms with Crippen molar-refractivity contribution in [2.75, 3.05) is 32.8 Å². The molecule has 43 heavy (non-hydrogen) atoms. The zero-order valence-corrected chi connectivity index (χ0v) is 24.2. The van der Waals surface area contributed by atoms with E-state index in [2.05, 4.69) is 4.90 Å². The zero-order chi connectivity index (χ0) is 30.5. The number of halogens is 6. The largest absolute Gasteiger partial charge is 0.416 e. The van der Waals surface area contributed by atoms with Crippen LogP contribution in [0.3, 0.4) is 0 Å². The summed E-state index contributed by atoms with van der Waals surface area (Å²) in [6, 6.07) is 11.7. The summed E-state index contributed by atoms with van der Waals surface area (Å²) in [6.45, 7) is 4.15. The summed E-state index contributed by atoms with van der Waals surface area (Å²) in [4.78, 5) is 18.6. The van der Waals surface area contributed by atoms with E-state index in [1.165, 1.54) is 0 Å². The number of piperidine rings is 2. The molecule has 234 valence electrons. The molecule has 3 aliphatic heterocycles. The minimum absolute atomic E-state index is 0.128. The van der Waals surface area contributed by atoms with Crippen molar-refractivity contribution < 1.29 is 35.9 Å². The van der Waals surface area contributed by atoms with Crippen molar-refractivity contribution in [3.05, 3.63) is 70.8 Å². The summed E-state index contributed by atoms with van der Waals surface area (Å²) in [5.41, 5.74) is -2.35. The van der Waals surface area contributed by atoms with Crippen molar-refractivity contribution in [1.29, 1.82) is 0 Å². The van der Waals surface area contributed by atoms with Gasteiger partial charge in [-0.1, -0.05) is 30.3 Å². The van der Waals surface area contributed by atoms with Gasteiger partial charge in [0.1, 0.15) is 0 Å². The average molecular weight is 609 g/mol. The number of benzene rings is 2. The van der Waals surface area contributed by atoms with Gasteiger partial charge in [0.05, 0.1) is 29.2 Å². The number of rotatable bonds is 4. The number of likely N-dealkylation sites (tertiary alicyclic amines) is 2. The lowest BCUT2D eigenvalue weighted by Gasteiger charge is -2.53. The van der Waals surface area contributed by atoms with E-state index in [1.807, 2.05) is 30.3 Å². The minimum Gasteiger partial charge on any atom is -0.381 e. The highest BCUT2D eigenvalue weighted by Gasteiger charge is 2.49. The fourth-order valence-electron chi connectivity index (χ4n) is 8.11. The molecule has 1 atom stereocenters. The van der Waals surface area contributed by atoms with E-state index in [1.54, 1.807) is 4.90 Å². The topological polar surface area (TPSA) is 32.8 Å². The predicted molar refractivity (Wildman–Crippen MR) is 149 cm³/mol. The smallest absolute Gasteiger partial charge is 0.381 e. The number of ether oxygens (including phenoxy) is 1. The Bertz CT molecular complexity index is 1250. The Kier molecular flexibility index (Phi) is 8.07. The van der Waals surface area contributed by atoms with E-state index in [0.717, 1.165) is 76.1 Å². The molecule has 0 aromatic heterocycles. The molecule has 3 heterocycles. The Balaban J connectivity index is 1.26. The van der Waals surface area contributed by atoms with Crippen molar-refractivity contribution in [3.63, 3.8) is 0 Å². The maximum Gasteiger partial charge on any atom is 0.416 e. The Morgan fingerprint density at radius 2 is 1.40 bits per heavy atom. The van der Waals surface area contributed by atoms with Crippen LogP contribution in [0.2, 0.25) is 0 Å². The SMILES string of the molecule is O=C1C(c2cc(C(F)(F)F)cc(C(F)(F)F)c2)CCCN1[C@]1(c2ccccc2)CC[C@@H](N2CCC3(CCOC3)CC2)CC1. The first-order valence-electron chi connectivity index (χ1n) is 15.4. The summed E-state index contributed by atoms with van der Waals surface area (Å²) in [5.74, 6) is -1.45. The number of hydrogen-bond acceptors (Lipinski definition) is 3. The van der Waals surface area contributed by atoms with Gasteiger partial charge in [-0.05, 0) is 106 Å². The summed E-state index contributed by atoms with van der Waals surface area (Å²) in [7, 11) is 0. The van der Waals surface area contributed by atoms with Gasteiger partial charge >= 0.3 is 12.4 Å². The fraction of sp³-hybridized carbons (Fsp3) is 0.606. The van der Waals surface area contributed by atoms with Crippen molar-refractivity contribution in [2.24, 2.45) is 5.41 Å². The van der Waals surface area contributed by atoms with Gasteiger partial charge in [-0.3, -0.25) is 4.79 Å². The Morgan fingerprint density at radius 1 is 0.767 bits per heavy atom. The number of hydrogen-bond donors (Lipinski definition) is 0. The Labute approximate surface area is 248 Å². The van der Waals surface area contributed by atoms with Crippen LogP contribution in [-0.4, -0.2) is 54.6 Å². The van der Waals surface area contributed by atoms with Gasteiger partial charge in [0.25, 0.3) is 0 Å². The number of carbonyl (C=O) groups is 1. The van der Waals surface area contributed by atoms with Crippen LogP contribution in [0.1, 0.15) is 86.0 Å². The van der Waals surface area contributed by atoms with E-state index in [-0.39, 0.29) is 24.0 Å². The molecular weight excluding hydrogens is 570 g/mol. The molecule has 0 N–H and O–H groups in total. The maximum atomic E-state index is 14.2. The molecule has 2 aromatic carbocycles. The predicted octanol–water partition coefficient (Wildman–Crippen LogP) is 7.77. The van der Waals surface area contributed by atoms with Crippen molar-refractivity contribution >= 4 is 5.91 Å². The standard InChI is InChI=1S/C33H38F6N2O2/c34-32(35,36)25-19-23(20-26(21-25)33(37,38)39)28-7-4-15-41(29(28)42)31(24-5-2-1-3-6-24)10-8-27(9-11-31)40-16-12-30(13-17-40)14-18-43-22-30/h1-3,5-6,19-21,27-28H,4,7-18,22H2/t27-,28?,31-. The number of carbonyl (C=O) groups excluding carboxylic acids is 1. The minimum atomic E-state index is -4.96. The first kappa shape index (κ1) is 30.4. The molecule has 1 unspecified atom stereocenters. The lowest BCUT2D eigenvalue weighted by atomic mass is 9.71. The monoisotopic (exact) mass is 608 g/mol. The van der Waals surface area contributed by atoms with Gasteiger partial charge in [0.2, 0.25) is 5.91 Å². The number of amides is 1. The van der Waals surface area contributed by atoms with Crippen molar-refractivity contribution in [1.82, 2.24) is 9.80 Å². The zero-order valence-electron chi connectivity index (χ0n) is 24.2. The third kappa shape index (κ3) is 5.93. The molecule has 4 fully saturated rings. The first-order valence-corrected chi connectivity index (χ1v) is 15.4. The molecule has 1 amide bonds. The van der Waals surface area contributed by atoms with E-state index in [0.29, 0.717) is 37.3 Å². The molecule has 3 saturated heterocycles. The summed E-state index contributed by atoms with van der Waals surface area (Å²) >= 11 is 0. The van der Waals surface area contributed by atoms with Crippen LogP contribution in [-0.2, 0) is 27.4 Å². The lowest BCUT2D eigenvalue weighted by molar-refractivity contribution is -0.147. The molecule has 0 bridgehead atoms. The van der Waals surface area contributed by atoms with Crippen LogP contribution >= 0.6 is 0 Å². The molecule has 1 saturated carbocycles. The van der Waals surface area contributed by atoms with Crippen molar-refractivity contribution in [3.8, 4) is 0 Å². The van der Waals surface area contributed by atoms with Gasteiger partial charge in [-0.15, -0.1) is 0 Å². The molecule has 10 heteroatoms. The molecule has 4 nitrogen and oxygen atoms in total. The molecule has 4 aliphatic rings. The Morgan fingerprint density at radius 3 is 1.95 bits per heavy atom. The van der Waals surface area contributed by atoms with Crippen LogP contribution in [0.15, 0.2) is 48.5 Å². The second kappa shape index (κ2) is 11.4. The second-order valence-electron chi connectivity index (χ2n) is 13.0. The first-order chi connectivity index (χ1) is 20.4. The molecule has 1 spiro atoms. The van der Waals surface area contributed by atoms with Gasteiger partial charge in [-0.25, -0.2) is 0 Å². The average Bonchev–Trinajstić information content (AvgIpc) is 3.45. The molecule has 0 radical (unpaired) electrons. The molecular formula is C33H38F6N2O2. The normalized spacial score (nSPS) is 28.9. The summed E-state index contributed by atoms with van der Waals surface area (Å²) in [5, 5.41) is 0. The second-order valence-corrected chi connectivity index (χ2v) is 13.0. The van der Waals surface area contributed by atoms with Gasteiger partial charge in [0.15, 0.2) is 0 Å². The number of alkyl halides is 6. The van der Waals surface area contributed by atoms with E-state index in [4.69, 9.17) is 4.74 Å². The lowest BCUT2D eigenvalue weighted by Crippen LogP contribution is -2.57. The maximum absolute atomic E-state index is 14.2. The third-order valence-corrected chi connectivity index (χ3v) is 10.6. The van der Waals surface area contributed by atoms with E-state index in [9.17, 15) is 31.1 Å². The Hall–Kier alpha value is -2.59. The van der Waals surface area contributed by atoms with E-state index >= 15 is 0 Å². The van der Waals surface area contributed by atoms with Crippen LogP contribution < -0.4 is 0 Å². The molecule has 6 rings (SSSR count). The summed E-state index contributed by atoms with van der Waals surface area (Å²) in [6.07, 6.45) is -2.72.